The highest BCUT2D eigenvalue weighted by Crippen LogP contribution is 2.47. The average molecular weight is 839 g/mol. The zero-order chi connectivity index (χ0) is 43.2. The van der Waals surface area contributed by atoms with Gasteiger partial charge in [-0.3, -0.25) is 34.2 Å². The number of carboxylic acid groups (broad SMARTS) is 1. The summed E-state index contributed by atoms with van der Waals surface area (Å²) in [4.78, 5) is 68.8. The molecular weight excluding hydrogens is 785 g/mol. The summed E-state index contributed by atoms with van der Waals surface area (Å²) in [5.74, 6) is -1.79. The van der Waals surface area contributed by atoms with Gasteiger partial charge in [0.25, 0.3) is 5.91 Å². The van der Waals surface area contributed by atoms with Crippen molar-refractivity contribution in [2.24, 2.45) is 0 Å². The number of thioether (sulfide) groups is 1. The lowest BCUT2D eigenvalue weighted by Crippen LogP contribution is -2.53. The minimum absolute atomic E-state index is 0.208. The first-order valence-electron chi connectivity index (χ1n) is 20.0. The van der Waals surface area contributed by atoms with Crippen molar-refractivity contribution in [1.29, 1.82) is 0 Å². The Morgan fingerprint density at radius 1 is 0.883 bits per heavy atom. The van der Waals surface area contributed by atoms with E-state index < -0.39 is 42.6 Å². The van der Waals surface area contributed by atoms with Crippen LogP contribution < -0.4 is 19.9 Å². The van der Waals surface area contributed by atoms with Gasteiger partial charge in [0, 0.05) is 30.6 Å². The Labute approximate surface area is 356 Å². The molecule has 0 aromatic heterocycles. The molecule has 318 valence electrons. The summed E-state index contributed by atoms with van der Waals surface area (Å²) in [6, 6.07) is 31.1. The fraction of sp³-hybridized carbons (Fsp3) is 0.370. The molecule has 0 saturated carbocycles. The van der Waals surface area contributed by atoms with Gasteiger partial charge in [-0.05, 0) is 93.7 Å². The number of likely N-dealkylation sites (N-methyl/N-ethyl adjacent to an activating group) is 1. The number of esters is 2. The molecule has 2 aliphatic rings. The Bertz CT molecular complexity index is 2080. The van der Waals surface area contributed by atoms with Gasteiger partial charge < -0.3 is 29.1 Å². The van der Waals surface area contributed by atoms with Gasteiger partial charge in [0.05, 0.1) is 30.7 Å². The molecular formula is C46H54N4O9S. The Morgan fingerprint density at radius 2 is 1.55 bits per heavy atom. The van der Waals surface area contributed by atoms with E-state index in [9.17, 15) is 29.1 Å². The molecule has 0 saturated heterocycles. The summed E-state index contributed by atoms with van der Waals surface area (Å²) in [6.07, 6.45) is 1.27. The van der Waals surface area contributed by atoms with E-state index >= 15 is 0 Å². The number of amides is 2. The van der Waals surface area contributed by atoms with Crippen LogP contribution >= 0.6 is 11.8 Å². The van der Waals surface area contributed by atoms with Crippen molar-refractivity contribution < 1.29 is 43.3 Å². The van der Waals surface area contributed by atoms with Crippen molar-refractivity contribution in [1.82, 2.24) is 10.2 Å². The second-order valence-corrected chi connectivity index (χ2v) is 15.8. The van der Waals surface area contributed by atoms with Gasteiger partial charge >= 0.3 is 17.9 Å². The maximum absolute atomic E-state index is 13.6. The fourth-order valence-corrected chi connectivity index (χ4v) is 8.44. The second-order valence-electron chi connectivity index (χ2n) is 14.6. The smallest absolute Gasteiger partial charge is 0.323 e. The first kappa shape index (κ1) is 45.4. The van der Waals surface area contributed by atoms with Crippen LogP contribution in [0.1, 0.15) is 48.6 Å². The molecule has 13 nitrogen and oxygen atoms in total. The Morgan fingerprint density at radius 3 is 2.20 bits per heavy atom. The SMILES string of the molecule is CCOC(=O)[C@H](CCc1ccccc1)N[C@H]1CCc2ccccc2N(CC(=O)O)C1=O.COc1ccc([C@@H]2Sc3ccccc3N(CCN(C)C)C(=O)[C@@H]2OC(C)=O)cc1. The molecule has 0 fully saturated rings. The number of methoxy groups -OCH3 is 1. The molecule has 0 radical (unpaired) electrons. The summed E-state index contributed by atoms with van der Waals surface area (Å²) < 4.78 is 16.1. The quantitative estimate of drug-likeness (QED) is 0.136. The number of hydrogen-bond donors (Lipinski definition) is 2. The van der Waals surface area contributed by atoms with Crippen molar-refractivity contribution >= 4 is 52.9 Å². The third kappa shape index (κ3) is 12.2. The normalized spacial score (nSPS) is 17.9. The minimum Gasteiger partial charge on any atom is -0.497 e. The maximum Gasteiger partial charge on any atom is 0.323 e. The monoisotopic (exact) mass is 838 g/mol. The van der Waals surface area contributed by atoms with Crippen LogP contribution in [0.4, 0.5) is 11.4 Å². The third-order valence-corrected chi connectivity index (χ3v) is 11.5. The molecule has 0 aliphatic carbocycles. The predicted molar refractivity (Wildman–Crippen MR) is 231 cm³/mol. The topological polar surface area (TPSA) is 155 Å². The molecule has 6 rings (SSSR count). The number of rotatable bonds is 15. The molecule has 4 atom stereocenters. The van der Waals surface area contributed by atoms with Gasteiger partial charge in [-0.15, -0.1) is 11.8 Å². The van der Waals surface area contributed by atoms with Crippen molar-refractivity contribution in [3.8, 4) is 5.75 Å². The standard InChI is InChI=1S/C24H28N2O5.C22H26N2O4S/c1-2-31-24(30)20(14-12-17-8-4-3-5-9-17)25-19-15-13-18-10-6-7-11-21(18)26(23(19)29)16-22(27)28;1-15(25)28-20-21(16-9-11-17(27-4)12-10-16)29-19-8-6-5-7-18(19)24(22(20)26)14-13-23(2)3/h3-11,19-20,25H,2,12-16H2,1H3,(H,27,28);5-12,20-21H,13-14H2,1-4H3/t19-,20-;20-,21+/m01/s1. The predicted octanol–water partition coefficient (Wildman–Crippen LogP) is 5.94. The highest BCUT2D eigenvalue weighted by molar-refractivity contribution is 7.99. The lowest BCUT2D eigenvalue weighted by Gasteiger charge is -2.28. The van der Waals surface area contributed by atoms with Crippen molar-refractivity contribution in [2.75, 3.05) is 57.2 Å². The molecule has 0 bridgehead atoms. The molecule has 60 heavy (non-hydrogen) atoms. The first-order valence-corrected chi connectivity index (χ1v) is 20.9. The molecule has 0 spiro atoms. The van der Waals surface area contributed by atoms with Crippen molar-refractivity contribution in [2.45, 2.75) is 67.9 Å². The van der Waals surface area contributed by atoms with Crippen LogP contribution in [0.2, 0.25) is 0 Å². The molecule has 2 heterocycles. The lowest BCUT2D eigenvalue weighted by atomic mass is 10.0. The number of carbonyl (C=O) groups excluding carboxylic acids is 4. The number of aliphatic carboxylic acids is 1. The van der Waals surface area contributed by atoms with E-state index in [4.69, 9.17) is 14.2 Å². The summed E-state index contributed by atoms with van der Waals surface area (Å²) >= 11 is 1.54. The number of carbonyl (C=O) groups is 5. The van der Waals surface area contributed by atoms with Crippen LogP contribution in [0.25, 0.3) is 0 Å². The summed E-state index contributed by atoms with van der Waals surface area (Å²) in [7, 11) is 5.54. The van der Waals surface area contributed by atoms with Gasteiger partial charge in [-0.25, -0.2) is 0 Å². The highest BCUT2D eigenvalue weighted by atomic mass is 32.2. The van der Waals surface area contributed by atoms with Crippen LogP contribution in [-0.4, -0.2) is 105 Å². The van der Waals surface area contributed by atoms with Crippen LogP contribution in [0.5, 0.6) is 5.75 Å². The van der Waals surface area contributed by atoms with Gasteiger partial charge in [0.1, 0.15) is 18.3 Å². The molecule has 2 aliphatic heterocycles. The molecule has 2 N–H and O–H groups in total. The van der Waals surface area contributed by atoms with Crippen LogP contribution in [0.3, 0.4) is 0 Å². The number of benzene rings is 4. The number of anilines is 2. The van der Waals surface area contributed by atoms with Crippen molar-refractivity contribution in [3.05, 3.63) is 120 Å². The van der Waals surface area contributed by atoms with E-state index in [1.54, 1.807) is 42.8 Å². The van der Waals surface area contributed by atoms with Crippen LogP contribution in [0.15, 0.2) is 108 Å². The van der Waals surface area contributed by atoms with Gasteiger partial charge in [0.15, 0.2) is 6.10 Å². The van der Waals surface area contributed by atoms with Gasteiger partial charge in [-0.1, -0.05) is 72.8 Å². The van der Waals surface area contributed by atoms with E-state index in [2.05, 4.69) is 5.32 Å². The molecule has 14 heteroatoms. The largest absolute Gasteiger partial charge is 0.497 e. The number of nitrogens with zero attached hydrogens (tertiary/aromatic N) is 3. The number of nitrogens with one attached hydrogen (secondary N) is 1. The van der Waals surface area contributed by atoms with Crippen LogP contribution in [0, 0.1) is 0 Å². The fourth-order valence-electron chi connectivity index (χ4n) is 7.12. The van der Waals surface area contributed by atoms with Gasteiger partial charge in [0.2, 0.25) is 5.91 Å². The lowest BCUT2D eigenvalue weighted by molar-refractivity contribution is -0.152. The summed E-state index contributed by atoms with van der Waals surface area (Å²) in [6.45, 7) is 4.11. The number of hydrogen-bond acceptors (Lipinski definition) is 11. The Hall–Kier alpha value is -5.70. The van der Waals surface area contributed by atoms with Gasteiger partial charge in [-0.2, -0.15) is 0 Å². The number of ether oxygens (including phenoxy) is 3. The Kier molecular flexibility index (Phi) is 16.7. The van der Waals surface area contributed by atoms with Crippen molar-refractivity contribution in [3.63, 3.8) is 0 Å². The first-order chi connectivity index (χ1) is 28.9. The minimum atomic E-state index is -1.09. The van der Waals surface area contributed by atoms with E-state index in [1.165, 1.54) is 11.8 Å². The zero-order valence-electron chi connectivity index (χ0n) is 34.7. The summed E-state index contributed by atoms with van der Waals surface area (Å²) in [5, 5.41) is 12.2. The highest BCUT2D eigenvalue weighted by Gasteiger charge is 2.41. The Balaban J connectivity index is 0.000000228. The number of fused-ring (bicyclic) bond motifs is 2. The molecule has 2 amide bonds. The number of carboxylic acids is 1. The van der Waals surface area contributed by atoms with Crippen LogP contribution in [-0.2, 0) is 46.3 Å². The summed E-state index contributed by atoms with van der Waals surface area (Å²) in [5.41, 5.74) is 4.36. The second kappa shape index (κ2) is 22.1. The van der Waals surface area contributed by atoms with E-state index in [0.29, 0.717) is 44.5 Å². The number of para-hydroxylation sites is 2. The maximum atomic E-state index is 13.6. The average Bonchev–Trinajstić information content (AvgIpc) is 3.44. The van der Waals surface area contributed by atoms with E-state index in [1.807, 2.05) is 110 Å². The van der Waals surface area contributed by atoms with E-state index in [-0.39, 0.29) is 23.7 Å². The molecule has 4 aromatic carbocycles. The number of aryl methyl sites for hydroxylation is 2. The van der Waals surface area contributed by atoms with E-state index in [0.717, 1.165) is 33.0 Å². The third-order valence-electron chi connectivity index (χ3n) is 10.1. The zero-order valence-corrected chi connectivity index (χ0v) is 35.6. The molecule has 0 unspecified atom stereocenters. The molecule has 4 aromatic rings.